The van der Waals surface area contributed by atoms with E-state index in [4.69, 9.17) is 27.9 Å². The SMILES string of the molecule is CC1(C)OCCC1NC1CCN(c2ccc(Cl)cc2Cl)C1=O. The third kappa shape index (κ3) is 2.98. The van der Waals surface area contributed by atoms with E-state index < -0.39 is 0 Å². The fraction of sp³-hybridized carbons (Fsp3) is 0.562. The first-order valence-corrected chi connectivity index (χ1v) is 8.30. The maximum Gasteiger partial charge on any atom is 0.244 e. The Bertz CT molecular complexity index is 592. The van der Waals surface area contributed by atoms with Crippen molar-refractivity contribution in [2.75, 3.05) is 18.1 Å². The van der Waals surface area contributed by atoms with Crippen molar-refractivity contribution in [1.82, 2.24) is 5.32 Å². The monoisotopic (exact) mass is 342 g/mol. The molecule has 2 aliphatic heterocycles. The number of nitrogens with zero attached hydrogens (tertiary/aromatic N) is 1. The molecule has 4 nitrogen and oxygen atoms in total. The number of carbonyl (C=O) groups is 1. The summed E-state index contributed by atoms with van der Waals surface area (Å²) in [5.74, 6) is 0.0620. The molecule has 0 spiro atoms. The highest BCUT2D eigenvalue weighted by Crippen LogP contribution is 2.32. The molecule has 0 radical (unpaired) electrons. The summed E-state index contributed by atoms with van der Waals surface area (Å²) in [6.45, 7) is 5.51. The predicted molar refractivity (Wildman–Crippen MR) is 88.8 cm³/mol. The molecule has 0 bridgehead atoms. The van der Waals surface area contributed by atoms with E-state index >= 15 is 0 Å². The van der Waals surface area contributed by atoms with Gasteiger partial charge in [0.2, 0.25) is 5.91 Å². The molecule has 3 rings (SSSR count). The van der Waals surface area contributed by atoms with Gasteiger partial charge in [0.25, 0.3) is 0 Å². The molecule has 1 N–H and O–H groups in total. The van der Waals surface area contributed by atoms with Crippen LogP contribution < -0.4 is 10.2 Å². The molecule has 1 amide bonds. The maximum absolute atomic E-state index is 12.7. The average Bonchev–Trinajstić information content (AvgIpc) is 2.95. The number of carbonyl (C=O) groups excluding carboxylic acids is 1. The summed E-state index contributed by atoms with van der Waals surface area (Å²) in [5, 5.41) is 4.54. The minimum Gasteiger partial charge on any atom is -0.374 e. The molecule has 2 fully saturated rings. The summed E-state index contributed by atoms with van der Waals surface area (Å²) >= 11 is 12.1. The zero-order chi connectivity index (χ0) is 15.9. The quantitative estimate of drug-likeness (QED) is 0.916. The third-order valence-corrected chi connectivity index (χ3v) is 5.07. The van der Waals surface area contributed by atoms with Crippen LogP contribution in [0.5, 0.6) is 0 Å². The van der Waals surface area contributed by atoms with Gasteiger partial charge in [0.1, 0.15) is 0 Å². The highest BCUT2D eigenvalue weighted by molar-refractivity contribution is 6.36. The number of benzene rings is 1. The summed E-state index contributed by atoms with van der Waals surface area (Å²) in [7, 11) is 0. The van der Waals surface area contributed by atoms with E-state index in [1.807, 2.05) is 0 Å². The lowest BCUT2D eigenvalue weighted by Gasteiger charge is -2.29. The first-order valence-electron chi connectivity index (χ1n) is 7.55. The van der Waals surface area contributed by atoms with Crippen molar-refractivity contribution in [2.45, 2.75) is 44.4 Å². The fourth-order valence-corrected chi connectivity index (χ4v) is 3.70. The van der Waals surface area contributed by atoms with Crippen molar-refractivity contribution >= 4 is 34.8 Å². The Morgan fingerprint density at radius 3 is 2.73 bits per heavy atom. The molecule has 1 aromatic carbocycles. The Morgan fingerprint density at radius 2 is 2.09 bits per heavy atom. The Kier molecular flexibility index (Phi) is 4.38. The zero-order valence-corrected chi connectivity index (χ0v) is 14.2. The van der Waals surface area contributed by atoms with Crippen molar-refractivity contribution < 1.29 is 9.53 Å². The Hall–Kier alpha value is -0.810. The fourth-order valence-electron chi connectivity index (χ4n) is 3.19. The molecular weight excluding hydrogens is 323 g/mol. The van der Waals surface area contributed by atoms with Crippen LogP contribution in [0.25, 0.3) is 0 Å². The lowest BCUT2D eigenvalue weighted by Crippen LogP contribution is -2.50. The summed E-state index contributed by atoms with van der Waals surface area (Å²) in [6, 6.07) is 5.23. The summed E-state index contributed by atoms with van der Waals surface area (Å²) < 4.78 is 5.72. The van der Waals surface area contributed by atoms with Gasteiger partial charge in [-0.05, 0) is 44.9 Å². The largest absolute Gasteiger partial charge is 0.374 e. The first-order chi connectivity index (χ1) is 10.4. The zero-order valence-electron chi connectivity index (χ0n) is 12.7. The second-order valence-electron chi connectivity index (χ2n) is 6.39. The highest BCUT2D eigenvalue weighted by atomic mass is 35.5. The molecule has 2 heterocycles. The van der Waals surface area contributed by atoms with Crippen molar-refractivity contribution in [1.29, 1.82) is 0 Å². The minimum absolute atomic E-state index is 0.0620. The number of hydrogen-bond acceptors (Lipinski definition) is 3. The van der Waals surface area contributed by atoms with Gasteiger partial charge in [-0.3, -0.25) is 4.79 Å². The highest BCUT2D eigenvalue weighted by Gasteiger charge is 2.41. The van der Waals surface area contributed by atoms with Crippen molar-refractivity contribution in [2.24, 2.45) is 0 Å². The van der Waals surface area contributed by atoms with Crippen LogP contribution in [0, 0.1) is 0 Å². The lowest BCUT2D eigenvalue weighted by atomic mass is 9.98. The molecular formula is C16H20Cl2N2O2. The number of amides is 1. The second-order valence-corrected chi connectivity index (χ2v) is 7.23. The van der Waals surface area contributed by atoms with Crippen LogP contribution in [-0.4, -0.2) is 36.7 Å². The molecule has 1 aromatic rings. The molecule has 22 heavy (non-hydrogen) atoms. The second kappa shape index (κ2) is 6.00. The predicted octanol–water partition coefficient (Wildman–Crippen LogP) is 3.26. The third-order valence-electron chi connectivity index (χ3n) is 4.53. The van der Waals surface area contributed by atoms with Crippen molar-refractivity contribution in [3.8, 4) is 0 Å². The van der Waals surface area contributed by atoms with Crippen molar-refractivity contribution in [3.63, 3.8) is 0 Å². The van der Waals surface area contributed by atoms with Gasteiger partial charge in [-0.25, -0.2) is 0 Å². The van der Waals surface area contributed by atoms with Gasteiger partial charge >= 0.3 is 0 Å². The number of rotatable bonds is 3. The number of ether oxygens (including phenoxy) is 1. The van der Waals surface area contributed by atoms with E-state index in [1.54, 1.807) is 23.1 Å². The van der Waals surface area contributed by atoms with Crippen LogP contribution in [0.3, 0.4) is 0 Å². The van der Waals surface area contributed by atoms with Crippen LogP contribution in [0.1, 0.15) is 26.7 Å². The van der Waals surface area contributed by atoms with Crippen LogP contribution in [-0.2, 0) is 9.53 Å². The molecule has 6 heteroatoms. The molecule has 120 valence electrons. The van der Waals surface area contributed by atoms with Gasteiger partial charge in [-0.2, -0.15) is 0 Å². The van der Waals surface area contributed by atoms with E-state index in [1.165, 1.54) is 0 Å². The van der Waals surface area contributed by atoms with E-state index in [2.05, 4.69) is 19.2 Å². The molecule has 2 unspecified atom stereocenters. The molecule has 2 atom stereocenters. The van der Waals surface area contributed by atoms with E-state index in [0.717, 1.165) is 25.1 Å². The topological polar surface area (TPSA) is 41.6 Å². The van der Waals surface area contributed by atoms with Gasteiger partial charge in [-0.15, -0.1) is 0 Å². The van der Waals surface area contributed by atoms with Crippen LogP contribution in [0.2, 0.25) is 10.0 Å². The molecule has 2 aliphatic rings. The smallest absolute Gasteiger partial charge is 0.244 e. The number of anilines is 1. The van der Waals surface area contributed by atoms with Gasteiger partial charge in [0, 0.05) is 24.2 Å². The van der Waals surface area contributed by atoms with Gasteiger partial charge in [-0.1, -0.05) is 23.2 Å². The average molecular weight is 343 g/mol. The molecule has 0 aliphatic carbocycles. The van der Waals surface area contributed by atoms with Crippen LogP contribution >= 0.6 is 23.2 Å². The summed E-state index contributed by atoms with van der Waals surface area (Å²) in [5.41, 5.74) is 0.494. The van der Waals surface area contributed by atoms with E-state index in [-0.39, 0.29) is 23.6 Å². The van der Waals surface area contributed by atoms with Gasteiger partial charge < -0.3 is 15.0 Å². The minimum atomic E-state index is -0.231. The summed E-state index contributed by atoms with van der Waals surface area (Å²) in [4.78, 5) is 14.4. The molecule has 0 aromatic heterocycles. The number of nitrogens with one attached hydrogen (secondary N) is 1. The Labute approximate surface area is 140 Å². The molecule has 0 saturated carbocycles. The van der Waals surface area contributed by atoms with Crippen LogP contribution in [0.4, 0.5) is 5.69 Å². The van der Waals surface area contributed by atoms with Gasteiger partial charge in [0.15, 0.2) is 0 Å². The Morgan fingerprint density at radius 1 is 1.32 bits per heavy atom. The van der Waals surface area contributed by atoms with Crippen LogP contribution in [0.15, 0.2) is 18.2 Å². The van der Waals surface area contributed by atoms with Crippen molar-refractivity contribution in [3.05, 3.63) is 28.2 Å². The molecule has 2 saturated heterocycles. The number of hydrogen-bond donors (Lipinski definition) is 1. The lowest BCUT2D eigenvalue weighted by molar-refractivity contribution is -0.119. The first kappa shape index (κ1) is 16.1. The standard InChI is InChI=1S/C16H20Cl2N2O2/c1-16(2)14(6-8-22-16)19-12-5-7-20(15(12)21)13-4-3-10(17)9-11(13)18/h3-4,9,12,14,19H,5-8H2,1-2H3. The number of halogens is 2. The normalized spacial score (nSPS) is 27.6. The maximum atomic E-state index is 12.7. The Balaban J connectivity index is 1.72. The van der Waals surface area contributed by atoms with E-state index in [9.17, 15) is 4.79 Å². The van der Waals surface area contributed by atoms with Gasteiger partial charge in [0.05, 0.1) is 22.4 Å². The van der Waals surface area contributed by atoms with E-state index in [0.29, 0.717) is 16.6 Å². The summed E-state index contributed by atoms with van der Waals surface area (Å²) in [6.07, 6.45) is 1.70.